The monoisotopic (exact) mass is 370 g/mol. The van der Waals surface area contributed by atoms with Gasteiger partial charge in [0.15, 0.2) is 0 Å². The van der Waals surface area contributed by atoms with Crippen LogP contribution in [0, 0.1) is 0 Å². The molecule has 1 aromatic carbocycles. The van der Waals surface area contributed by atoms with E-state index in [9.17, 15) is 4.79 Å². The summed E-state index contributed by atoms with van der Waals surface area (Å²) in [5.74, 6) is 0.588. The van der Waals surface area contributed by atoms with Crippen molar-refractivity contribution in [2.24, 2.45) is 0 Å². The molecule has 1 saturated heterocycles. The highest BCUT2D eigenvalue weighted by Gasteiger charge is 2.30. The summed E-state index contributed by atoms with van der Waals surface area (Å²) < 4.78 is 10.6. The molecule has 1 aromatic heterocycles. The molecule has 1 aliphatic rings. The van der Waals surface area contributed by atoms with Gasteiger partial charge in [-0.3, -0.25) is 0 Å². The second kappa shape index (κ2) is 8.86. The summed E-state index contributed by atoms with van der Waals surface area (Å²) in [5, 5.41) is 8.92. The van der Waals surface area contributed by atoms with Gasteiger partial charge in [-0.05, 0) is 37.0 Å². The minimum absolute atomic E-state index is 0.0562. The van der Waals surface area contributed by atoms with Gasteiger partial charge in [0, 0.05) is 37.4 Å². The minimum Gasteiger partial charge on any atom is -0.481 e. The Morgan fingerprint density at radius 1 is 1.26 bits per heavy atom. The van der Waals surface area contributed by atoms with Crippen LogP contribution in [0.3, 0.4) is 0 Å². The molecule has 2 aromatic rings. The zero-order valence-electron chi connectivity index (χ0n) is 15.8. The van der Waals surface area contributed by atoms with Crippen LogP contribution < -0.4 is 4.74 Å². The van der Waals surface area contributed by atoms with Crippen molar-refractivity contribution in [1.29, 1.82) is 0 Å². The molecule has 2 unspecified atom stereocenters. The molecule has 27 heavy (non-hydrogen) atoms. The lowest BCUT2D eigenvalue weighted by Crippen LogP contribution is -2.43. The third-order valence-corrected chi connectivity index (χ3v) is 5.02. The van der Waals surface area contributed by atoms with Gasteiger partial charge >= 0.3 is 6.09 Å². The normalized spacial score (nSPS) is 18.1. The molecule has 1 aliphatic heterocycles. The molecular formula is C21H26N2O4. The molecule has 6 nitrogen and oxygen atoms in total. The van der Waals surface area contributed by atoms with Gasteiger partial charge in [-0.1, -0.05) is 24.3 Å². The molecule has 0 bridgehead atoms. The van der Waals surface area contributed by atoms with Crippen molar-refractivity contribution >= 4 is 6.09 Å². The van der Waals surface area contributed by atoms with E-state index in [1.807, 2.05) is 43.3 Å². The number of hydrogen-bond donors (Lipinski definition) is 1. The molecule has 0 aliphatic carbocycles. The first kappa shape index (κ1) is 19.2. The number of methoxy groups -OCH3 is 1. The van der Waals surface area contributed by atoms with Crippen LogP contribution in [0.2, 0.25) is 0 Å². The average molecular weight is 370 g/mol. The molecule has 1 N–H and O–H groups in total. The molecule has 0 radical (unpaired) electrons. The average Bonchev–Trinajstić information content (AvgIpc) is 2.72. The quantitative estimate of drug-likeness (QED) is 0.803. The topological polar surface area (TPSA) is 71.9 Å². The van der Waals surface area contributed by atoms with Gasteiger partial charge in [0.25, 0.3) is 0 Å². The molecule has 1 fully saturated rings. The molecule has 0 saturated carbocycles. The van der Waals surface area contributed by atoms with Crippen molar-refractivity contribution in [2.75, 3.05) is 20.3 Å². The number of carbonyl (C=O) groups excluding carboxylic acids is 1. The van der Waals surface area contributed by atoms with Crippen molar-refractivity contribution in [3.8, 4) is 17.0 Å². The Labute approximate surface area is 159 Å². The number of carbonyl (C=O) groups is 1. The summed E-state index contributed by atoms with van der Waals surface area (Å²) in [6.07, 6.45) is 3.60. The van der Waals surface area contributed by atoms with E-state index in [2.05, 4.69) is 4.98 Å². The highest BCUT2D eigenvalue weighted by molar-refractivity contribution is 5.69. The van der Waals surface area contributed by atoms with Gasteiger partial charge in [0.05, 0.1) is 13.2 Å². The van der Waals surface area contributed by atoms with Gasteiger partial charge in [-0.2, -0.15) is 0 Å². The fourth-order valence-corrected chi connectivity index (χ4v) is 3.32. The van der Waals surface area contributed by atoms with E-state index in [4.69, 9.17) is 14.6 Å². The number of aliphatic hydroxyl groups excluding tert-OH is 1. The van der Waals surface area contributed by atoms with Crippen molar-refractivity contribution in [3.63, 3.8) is 0 Å². The third-order valence-electron chi connectivity index (χ3n) is 5.02. The third kappa shape index (κ3) is 4.57. The van der Waals surface area contributed by atoms with Crippen molar-refractivity contribution < 1.29 is 19.4 Å². The predicted molar refractivity (Wildman–Crippen MR) is 103 cm³/mol. The second-order valence-corrected chi connectivity index (χ2v) is 6.74. The van der Waals surface area contributed by atoms with Crippen LogP contribution in [0.1, 0.15) is 37.8 Å². The number of ether oxygens (including phenoxy) is 2. The highest BCUT2D eigenvalue weighted by Crippen LogP contribution is 2.28. The molecule has 1 amide bonds. The summed E-state index contributed by atoms with van der Waals surface area (Å²) in [7, 11) is 1.60. The van der Waals surface area contributed by atoms with Crippen LogP contribution in [0.5, 0.6) is 5.88 Å². The maximum atomic E-state index is 12.4. The van der Waals surface area contributed by atoms with E-state index >= 15 is 0 Å². The first-order chi connectivity index (χ1) is 13.1. The minimum atomic E-state index is -0.278. The van der Waals surface area contributed by atoms with E-state index in [-0.39, 0.29) is 24.8 Å². The fraction of sp³-hybridized carbons (Fsp3) is 0.429. The van der Waals surface area contributed by atoms with Crippen LogP contribution in [0.4, 0.5) is 4.79 Å². The van der Waals surface area contributed by atoms with Crippen LogP contribution in [0.15, 0.2) is 42.6 Å². The Morgan fingerprint density at radius 3 is 2.59 bits per heavy atom. The second-order valence-electron chi connectivity index (χ2n) is 6.74. The molecule has 144 valence electrons. The first-order valence-electron chi connectivity index (χ1n) is 9.31. The molecule has 6 heteroatoms. The van der Waals surface area contributed by atoms with Crippen LogP contribution >= 0.6 is 0 Å². The number of benzene rings is 1. The number of amides is 1. The van der Waals surface area contributed by atoms with Gasteiger partial charge in [0.1, 0.15) is 6.10 Å². The lowest BCUT2D eigenvalue weighted by Gasteiger charge is -2.35. The van der Waals surface area contributed by atoms with Crippen molar-refractivity contribution in [1.82, 2.24) is 9.88 Å². The Kier molecular flexibility index (Phi) is 6.29. The molecule has 2 heterocycles. The molecule has 3 rings (SSSR count). The predicted octanol–water partition coefficient (Wildman–Crippen LogP) is 3.80. The maximum Gasteiger partial charge on any atom is 0.410 e. The van der Waals surface area contributed by atoms with E-state index < -0.39 is 0 Å². The van der Waals surface area contributed by atoms with Crippen LogP contribution in [-0.2, 0) is 4.74 Å². The van der Waals surface area contributed by atoms with Gasteiger partial charge in [0.2, 0.25) is 5.88 Å². The van der Waals surface area contributed by atoms with E-state index in [0.29, 0.717) is 18.8 Å². The van der Waals surface area contributed by atoms with Crippen molar-refractivity contribution in [2.45, 2.75) is 38.3 Å². The summed E-state index contributed by atoms with van der Waals surface area (Å²) in [6.45, 7) is 2.81. The first-order valence-corrected chi connectivity index (χ1v) is 9.31. The summed E-state index contributed by atoms with van der Waals surface area (Å²) in [4.78, 5) is 18.4. The summed E-state index contributed by atoms with van der Waals surface area (Å²) in [6, 6.07) is 11.9. The number of rotatable bonds is 7. The SMILES string of the molecule is COc1ccc(-c2ccc(C(C)N3CCC(CCCO)OC3=O)cc2)cn1. The maximum absolute atomic E-state index is 12.4. The lowest BCUT2D eigenvalue weighted by molar-refractivity contribution is 0.00760. The van der Waals surface area contributed by atoms with E-state index in [1.165, 1.54) is 0 Å². The Hall–Kier alpha value is -2.60. The van der Waals surface area contributed by atoms with E-state index in [1.54, 1.807) is 18.2 Å². The molecular weight excluding hydrogens is 344 g/mol. The largest absolute Gasteiger partial charge is 0.481 e. The number of cyclic esters (lactones) is 1. The van der Waals surface area contributed by atoms with Gasteiger partial charge in [-0.25, -0.2) is 9.78 Å². The number of aliphatic hydroxyl groups is 1. The van der Waals surface area contributed by atoms with Crippen LogP contribution in [0.25, 0.3) is 11.1 Å². The Balaban J connectivity index is 1.65. The van der Waals surface area contributed by atoms with Gasteiger partial charge in [-0.15, -0.1) is 0 Å². The van der Waals surface area contributed by atoms with Crippen molar-refractivity contribution in [3.05, 3.63) is 48.2 Å². The number of aromatic nitrogens is 1. The summed E-state index contributed by atoms with van der Waals surface area (Å²) >= 11 is 0. The highest BCUT2D eigenvalue weighted by atomic mass is 16.6. The molecule has 2 atom stereocenters. The standard InChI is InChI=1S/C21H26N2O4/c1-15(23-12-11-19(4-3-13-24)27-21(23)25)16-5-7-17(8-6-16)18-9-10-20(26-2)22-14-18/h5-10,14-15,19,24H,3-4,11-13H2,1-2H3. The van der Waals surface area contributed by atoms with Gasteiger partial charge < -0.3 is 19.5 Å². The Bertz CT molecular complexity index is 746. The molecule has 0 spiro atoms. The fourth-order valence-electron chi connectivity index (χ4n) is 3.32. The Morgan fingerprint density at radius 2 is 2.00 bits per heavy atom. The zero-order valence-corrected chi connectivity index (χ0v) is 15.8. The van der Waals surface area contributed by atoms with E-state index in [0.717, 1.165) is 29.5 Å². The lowest BCUT2D eigenvalue weighted by atomic mass is 10.0. The smallest absolute Gasteiger partial charge is 0.410 e. The van der Waals surface area contributed by atoms with Crippen LogP contribution in [-0.4, -0.2) is 47.4 Å². The number of pyridine rings is 1. The number of nitrogens with zero attached hydrogens (tertiary/aromatic N) is 2. The number of hydrogen-bond acceptors (Lipinski definition) is 5. The zero-order chi connectivity index (χ0) is 19.2. The summed E-state index contributed by atoms with van der Waals surface area (Å²) in [5.41, 5.74) is 3.14.